The van der Waals surface area contributed by atoms with E-state index in [0.29, 0.717) is 5.92 Å². The van der Waals surface area contributed by atoms with Crippen LogP contribution in [0.4, 0.5) is 0 Å². The maximum Gasteiger partial charge on any atom is 0.237 e. The Kier molecular flexibility index (Phi) is 5.26. The lowest BCUT2D eigenvalue weighted by Crippen LogP contribution is -2.42. The molecule has 0 aliphatic carbocycles. The van der Waals surface area contributed by atoms with Gasteiger partial charge in [0.1, 0.15) is 0 Å². The summed E-state index contributed by atoms with van der Waals surface area (Å²) in [5, 5.41) is 6.43. The standard InChI is InChI=1S/C20H25N3O/c1-14(2)16-10-11-17(22-13-16)19(15-7-4-3-5-8-15)23-20(24)18-9-6-12-21-18/h3-5,7-8,10-11,13-14,18-19,21H,6,9,12H2,1-2H3,(H,23,24)/t18?,19-/m0/s1. The van der Waals surface area contributed by atoms with Crippen LogP contribution in [0.5, 0.6) is 0 Å². The molecule has 1 amide bonds. The van der Waals surface area contributed by atoms with Crippen molar-refractivity contribution in [1.82, 2.24) is 15.6 Å². The van der Waals surface area contributed by atoms with E-state index in [2.05, 4.69) is 35.5 Å². The second kappa shape index (κ2) is 7.58. The molecule has 3 rings (SSSR count). The van der Waals surface area contributed by atoms with E-state index in [1.54, 1.807) is 0 Å². The lowest BCUT2D eigenvalue weighted by Gasteiger charge is -2.21. The van der Waals surface area contributed by atoms with Crippen LogP contribution >= 0.6 is 0 Å². The zero-order valence-corrected chi connectivity index (χ0v) is 14.3. The third-order valence-electron chi connectivity index (χ3n) is 4.57. The number of amides is 1. The van der Waals surface area contributed by atoms with Gasteiger partial charge < -0.3 is 10.6 Å². The van der Waals surface area contributed by atoms with Gasteiger partial charge in [0.2, 0.25) is 5.91 Å². The van der Waals surface area contributed by atoms with Gasteiger partial charge in [-0.25, -0.2) is 0 Å². The second-order valence-corrected chi connectivity index (χ2v) is 6.67. The number of benzene rings is 1. The maximum atomic E-state index is 12.6. The Morgan fingerprint density at radius 1 is 1.17 bits per heavy atom. The summed E-state index contributed by atoms with van der Waals surface area (Å²) >= 11 is 0. The van der Waals surface area contributed by atoms with Gasteiger partial charge >= 0.3 is 0 Å². The van der Waals surface area contributed by atoms with Crippen molar-refractivity contribution in [2.75, 3.05) is 6.54 Å². The Balaban J connectivity index is 1.85. The van der Waals surface area contributed by atoms with Crippen molar-refractivity contribution in [2.24, 2.45) is 0 Å². The number of pyridine rings is 1. The molecule has 0 radical (unpaired) electrons. The zero-order valence-electron chi connectivity index (χ0n) is 14.3. The first-order valence-electron chi connectivity index (χ1n) is 8.69. The SMILES string of the molecule is CC(C)c1ccc([C@@H](NC(=O)C2CCCN2)c2ccccc2)nc1. The molecule has 4 heteroatoms. The molecule has 1 saturated heterocycles. The summed E-state index contributed by atoms with van der Waals surface area (Å²) in [6.07, 6.45) is 3.86. The molecule has 0 bridgehead atoms. The Bertz CT molecular complexity index is 661. The topological polar surface area (TPSA) is 54.0 Å². The molecule has 2 aromatic rings. The molecule has 1 unspecified atom stereocenters. The Morgan fingerprint density at radius 3 is 2.54 bits per heavy atom. The predicted octanol–water partition coefficient (Wildman–Crippen LogP) is 3.16. The van der Waals surface area contributed by atoms with Gasteiger partial charge in [0.15, 0.2) is 0 Å². The van der Waals surface area contributed by atoms with E-state index in [0.717, 1.165) is 30.6 Å². The molecule has 1 aromatic heterocycles. The highest BCUT2D eigenvalue weighted by Gasteiger charge is 2.26. The summed E-state index contributed by atoms with van der Waals surface area (Å²) in [5.74, 6) is 0.495. The highest BCUT2D eigenvalue weighted by molar-refractivity contribution is 5.82. The molecule has 1 aliphatic rings. The summed E-state index contributed by atoms with van der Waals surface area (Å²) in [6, 6.07) is 13.8. The number of aromatic nitrogens is 1. The largest absolute Gasteiger partial charge is 0.342 e. The van der Waals surface area contributed by atoms with Gasteiger partial charge in [0.25, 0.3) is 0 Å². The fourth-order valence-corrected chi connectivity index (χ4v) is 3.05. The molecule has 2 N–H and O–H groups in total. The molecule has 126 valence electrons. The van der Waals surface area contributed by atoms with Crippen LogP contribution in [0.15, 0.2) is 48.7 Å². The average molecular weight is 323 g/mol. The van der Waals surface area contributed by atoms with Gasteiger partial charge in [-0.3, -0.25) is 9.78 Å². The molecule has 2 heterocycles. The van der Waals surface area contributed by atoms with Gasteiger partial charge in [-0.15, -0.1) is 0 Å². The average Bonchev–Trinajstić information content (AvgIpc) is 3.15. The number of carbonyl (C=O) groups excluding carboxylic acids is 1. The number of carbonyl (C=O) groups is 1. The number of nitrogens with zero attached hydrogens (tertiary/aromatic N) is 1. The minimum atomic E-state index is -0.220. The molecule has 0 spiro atoms. The van der Waals surface area contributed by atoms with Crippen LogP contribution in [-0.2, 0) is 4.79 Å². The minimum Gasteiger partial charge on any atom is -0.342 e. The van der Waals surface area contributed by atoms with Crippen LogP contribution in [0.2, 0.25) is 0 Å². The molecule has 1 aromatic carbocycles. The number of hydrogen-bond acceptors (Lipinski definition) is 3. The summed E-state index contributed by atoms with van der Waals surface area (Å²) in [7, 11) is 0. The first-order chi connectivity index (χ1) is 11.6. The minimum absolute atomic E-state index is 0.0519. The fraction of sp³-hybridized carbons (Fsp3) is 0.400. The van der Waals surface area contributed by atoms with Gasteiger partial charge in [-0.05, 0) is 42.5 Å². The molecule has 0 saturated carbocycles. The Hall–Kier alpha value is -2.20. The molecular weight excluding hydrogens is 298 g/mol. The van der Waals surface area contributed by atoms with Gasteiger partial charge in [0.05, 0.1) is 17.8 Å². The molecule has 4 nitrogen and oxygen atoms in total. The van der Waals surface area contributed by atoms with Gasteiger partial charge in [-0.1, -0.05) is 50.2 Å². The van der Waals surface area contributed by atoms with Crippen molar-refractivity contribution >= 4 is 5.91 Å². The van der Waals surface area contributed by atoms with Crippen LogP contribution in [0.1, 0.15) is 55.5 Å². The van der Waals surface area contributed by atoms with Crippen molar-refractivity contribution in [1.29, 1.82) is 0 Å². The highest BCUT2D eigenvalue weighted by atomic mass is 16.2. The number of rotatable bonds is 5. The number of hydrogen-bond donors (Lipinski definition) is 2. The van der Waals surface area contributed by atoms with E-state index in [4.69, 9.17) is 0 Å². The van der Waals surface area contributed by atoms with E-state index >= 15 is 0 Å². The van der Waals surface area contributed by atoms with Crippen molar-refractivity contribution < 1.29 is 4.79 Å². The van der Waals surface area contributed by atoms with Crippen LogP contribution < -0.4 is 10.6 Å². The molecule has 2 atom stereocenters. The third-order valence-corrected chi connectivity index (χ3v) is 4.57. The van der Waals surface area contributed by atoms with Crippen LogP contribution in [0.25, 0.3) is 0 Å². The molecule has 1 aliphatic heterocycles. The summed E-state index contributed by atoms with van der Waals surface area (Å²) in [5.41, 5.74) is 3.12. The smallest absolute Gasteiger partial charge is 0.237 e. The molecule has 1 fully saturated rings. The van der Waals surface area contributed by atoms with E-state index < -0.39 is 0 Å². The molecular formula is C20H25N3O. The van der Waals surface area contributed by atoms with E-state index in [1.807, 2.05) is 42.6 Å². The Morgan fingerprint density at radius 2 is 1.96 bits per heavy atom. The lowest BCUT2D eigenvalue weighted by atomic mass is 10.00. The third kappa shape index (κ3) is 3.82. The summed E-state index contributed by atoms with van der Waals surface area (Å²) < 4.78 is 0. The van der Waals surface area contributed by atoms with Crippen molar-refractivity contribution in [2.45, 2.75) is 44.7 Å². The monoisotopic (exact) mass is 323 g/mol. The highest BCUT2D eigenvalue weighted by Crippen LogP contribution is 2.23. The Labute approximate surface area is 143 Å². The van der Waals surface area contributed by atoms with Crippen LogP contribution in [0, 0.1) is 0 Å². The zero-order chi connectivity index (χ0) is 16.9. The number of nitrogens with one attached hydrogen (secondary N) is 2. The van der Waals surface area contributed by atoms with E-state index in [9.17, 15) is 4.79 Å². The molecule has 24 heavy (non-hydrogen) atoms. The van der Waals surface area contributed by atoms with Crippen LogP contribution in [0.3, 0.4) is 0 Å². The van der Waals surface area contributed by atoms with Crippen molar-refractivity contribution in [3.63, 3.8) is 0 Å². The fourth-order valence-electron chi connectivity index (χ4n) is 3.05. The normalized spacial score (nSPS) is 18.5. The van der Waals surface area contributed by atoms with Crippen molar-refractivity contribution in [3.8, 4) is 0 Å². The second-order valence-electron chi connectivity index (χ2n) is 6.67. The van der Waals surface area contributed by atoms with Gasteiger partial charge in [-0.2, -0.15) is 0 Å². The summed E-state index contributed by atoms with van der Waals surface area (Å²) in [4.78, 5) is 17.2. The van der Waals surface area contributed by atoms with Crippen molar-refractivity contribution in [3.05, 3.63) is 65.5 Å². The quantitative estimate of drug-likeness (QED) is 0.888. The van der Waals surface area contributed by atoms with E-state index in [-0.39, 0.29) is 18.0 Å². The van der Waals surface area contributed by atoms with Crippen LogP contribution in [-0.4, -0.2) is 23.5 Å². The predicted molar refractivity (Wildman–Crippen MR) is 95.8 cm³/mol. The lowest BCUT2D eigenvalue weighted by molar-refractivity contribution is -0.123. The van der Waals surface area contributed by atoms with Gasteiger partial charge in [0, 0.05) is 6.20 Å². The summed E-state index contributed by atoms with van der Waals surface area (Å²) in [6.45, 7) is 5.22. The first kappa shape index (κ1) is 16.7. The first-order valence-corrected chi connectivity index (χ1v) is 8.69. The maximum absolute atomic E-state index is 12.6. The van der Waals surface area contributed by atoms with E-state index in [1.165, 1.54) is 5.56 Å².